The largest absolute Gasteiger partial charge is 0.480 e. The summed E-state index contributed by atoms with van der Waals surface area (Å²) in [5, 5.41) is 16.0. The lowest BCUT2D eigenvalue weighted by Crippen LogP contribution is -2.41. The van der Waals surface area contributed by atoms with Gasteiger partial charge in [-0.1, -0.05) is 27.7 Å². The molecule has 0 saturated carbocycles. The summed E-state index contributed by atoms with van der Waals surface area (Å²) < 4.78 is 1.78. The molecule has 0 bridgehead atoms. The van der Waals surface area contributed by atoms with E-state index in [0.717, 1.165) is 12.2 Å². The average molecular weight is 295 g/mol. The van der Waals surface area contributed by atoms with E-state index >= 15 is 0 Å². The Kier molecular flexibility index (Phi) is 5.93. The van der Waals surface area contributed by atoms with Gasteiger partial charge in [-0.15, -0.1) is 0 Å². The van der Waals surface area contributed by atoms with E-state index in [0.29, 0.717) is 17.9 Å². The lowest BCUT2D eigenvalue weighted by atomic mass is 10.0. The van der Waals surface area contributed by atoms with Gasteiger partial charge in [0.15, 0.2) is 0 Å². The molecule has 1 aromatic heterocycles. The van der Waals surface area contributed by atoms with E-state index in [1.165, 1.54) is 6.20 Å². The second-order valence-electron chi connectivity index (χ2n) is 6.21. The number of hydrogen-bond acceptors (Lipinski definition) is 3. The van der Waals surface area contributed by atoms with Crippen molar-refractivity contribution in [3.05, 3.63) is 17.5 Å². The Hall–Kier alpha value is -1.85. The van der Waals surface area contributed by atoms with Crippen LogP contribution < -0.4 is 5.32 Å². The van der Waals surface area contributed by atoms with Crippen LogP contribution in [-0.2, 0) is 11.3 Å². The average Bonchev–Trinajstić information content (AvgIpc) is 2.68. The summed E-state index contributed by atoms with van der Waals surface area (Å²) in [7, 11) is 0. The van der Waals surface area contributed by atoms with E-state index in [2.05, 4.69) is 24.3 Å². The highest BCUT2D eigenvalue weighted by atomic mass is 16.4. The van der Waals surface area contributed by atoms with E-state index in [4.69, 9.17) is 0 Å². The Labute approximate surface area is 125 Å². The zero-order chi connectivity index (χ0) is 16.2. The summed E-state index contributed by atoms with van der Waals surface area (Å²) in [6, 6.07) is -0.870. The fraction of sp³-hybridized carbons (Fsp3) is 0.667. The first-order valence-corrected chi connectivity index (χ1v) is 7.28. The molecule has 0 radical (unpaired) electrons. The van der Waals surface area contributed by atoms with Gasteiger partial charge in [0.05, 0.1) is 11.8 Å². The van der Waals surface area contributed by atoms with Crippen molar-refractivity contribution in [3.8, 4) is 0 Å². The predicted molar refractivity (Wildman–Crippen MR) is 80.1 cm³/mol. The van der Waals surface area contributed by atoms with Crippen molar-refractivity contribution >= 4 is 11.9 Å². The van der Waals surface area contributed by atoms with Gasteiger partial charge in [0, 0.05) is 12.2 Å². The molecule has 0 spiro atoms. The SMILES string of the molecule is Cc1c(C(=O)N[C@@H](CC(C)C)C(=O)O)cnn1CC(C)C. The molecule has 0 aliphatic rings. The van der Waals surface area contributed by atoms with Crippen LogP contribution in [-0.4, -0.2) is 32.8 Å². The molecule has 0 aromatic carbocycles. The lowest BCUT2D eigenvalue weighted by molar-refractivity contribution is -0.139. The molecule has 2 N–H and O–H groups in total. The van der Waals surface area contributed by atoms with Crippen molar-refractivity contribution in [1.29, 1.82) is 0 Å². The van der Waals surface area contributed by atoms with Crippen LogP contribution in [0.4, 0.5) is 0 Å². The van der Waals surface area contributed by atoms with Crippen molar-refractivity contribution in [3.63, 3.8) is 0 Å². The molecule has 0 aliphatic carbocycles. The molecule has 1 heterocycles. The van der Waals surface area contributed by atoms with Gasteiger partial charge in [0.2, 0.25) is 0 Å². The highest BCUT2D eigenvalue weighted by Crippen LogP contribution is 2.11. The summed E-state index contributed by atoms with van der Waals surface area (Å²) in [5.74, 6) is -0.775. The predicted octanol–water partition coefficient (Wildman–Crippen LogP) is 2.08. The van der Waals surface area contributed by atoms with E-state index in [-0.39, 0.29) is 11.8 Å². The van der Waals surface area contributed by atoms with Gasteiger partial charge in [-0.25, -0.2) is 4.79 Å². The fourth-order valence-corrected chi connectivity index (χ4v) is 2.13. The summed E-state index contributed by atoms with van der Waals surface area (Å²) in [4.78, 5) is 23.4. The fourth-order valence-electron chi connectivity index (χ4n) is 2.13. The first-order valence-electron chi connectivity index (χ1n) is 7.28. The normalized spacial score (nSPS) is 12.7. The van der Waals surface area contributed by atoms with Crippen LogP contribution in [0.25, 0.3) is 0 Å². The van der Waals surface area contributed by atoms with Gasteiger partial charge in [-0.2, -0.15) is 5.10 Å². The summed E-state index contributed by atoms with van der Waals surface area (Å²) >= 11 is 0. The number of aliphatic carboxylic acids is 1. The van der Waals surface area contributed by atoms with Crippen LogP contribution in [0.5, 0.6) is 0 Å². The van der Waals surface area contributed by atoms with Gasteiger partial charge in [0.1, 0.15) is 6.04 Å². The molecular weight excluding hydrogens is 270 g/mol. The van der Waals surface area contributed by atoms with E-state index in [9.17, 15) is 14.7 Å². The number of hydrogen-bond donors (Lipinski definition) is 2. The van der Waals surface area contributed by atoms with Crippen molar-refractivity contribution in [1.82, 2.24) is 15.1 Å². The summed E-state index contributed by atoms with van der Waals surface area (Å²) in [6.07, 6.45) is 1.90. The first-order chi connectivity index (χ1) is 9.72. The van der Waals surface area contributed by atoms with Crippen LogP contribution in [0.2, 0.25) is 0 Å². The Balaban J connectivity index is 2.83. The van der Waals surface area contributed by atoms with Gasteiger partial charge < -0.3 is 10.4 Å². The Bertz CT molecular complexity index is 506. The first kappa shape index (κ1) is 17.2. The third kappa shape index (κ3) is 4.88. The molecule has 21 heavy (non-hydrogen) atoms. The highest BCUT2D eigenvalue weighted by molar-refractivity contribution is 5.97. The second-order valence-corrected chi connectivity index (χ2v) is 6.21. The van der Waals surface area contributed by atoms with Crippen LogP contribution in [0.3, 0.4) is 0 Å². The molecule has 1 rings (SSSR count). The minimum atomic E-state index is -1.01. The van der Waals surface area contributed by atoms with E-state index in [1.807, 2.05) is 20.8 Å². The number of amides is 1. The minimum Gasteiger partial charge on any atom is -0.480 e. The zero-order valence-electron chi connectivity index (χ0n) is 13.4. The molecule has 0 fully saturated rings. The van der Waals surface area contributed by atoms with Crippen molar-refractivity contribution in [2.75, 3.05) is 0 Å². The topological polar surface area (TPSA) is 84.2 Å². The zero-order valence-corrected chi connectivity index (χ0v) is 13.4. The third-order valence-electron chi connectivity index (χ3n) is 3.20. The molecular formula is C15H25N3O3. The monoisotopic (exact) mass is 295 g/mol. The molecule has 0 saturated heterocycles. The maximum Gasteiger partial charge on any atom is 0.326 e. The maximum atomic E-state index is 12.2. The molecule has 0 aliphatic heterocycles. The smallest absolute Gasteiger partial charge is 0.326 e. The molecule has 118 valence electrons. The molecule has 6 nitrogen and oxygen atoms in total. The van der Waals surface area contributed by atoms with Gasteiger partial charge in [-0.05, 0) is 25.2 Å². The highest BCUT2D eigenvalue weighted by Gasteiger charge is 2.23. The van der Waals surface area contributed by atoms with Crippen LogP contribution in [0, 0.1) is 18.8 Å². The Morgan fingerprint density at radius 3 is 2.38 bits per heavy atom. The number of aromatic nitrogens is 2. The number of carbonyl (C=O) groups excluding carboxylic acids is 1. The Morgan fingerprint density at radius 2 is 1.90 bits per heavy atom. The number of rotatable bonds is 7. The van der Waals surface area contributed by atoms with Gasteiger partial charge >= 0.3 is 5.97 Å². The third-order valence-corrected chi connectivity index (χ3v) is 3.20. The number of carboxylic acids is 1. The van der Waals surface area contributed by atoms with Crippen LogP contribution in [0.15, 0.2) is 6.20 Å². The molecule has 1 amide bonds. The summed E-state index contributed by atoms with van der Waals surface area (Å²) in [6.45, 7) is 10.5. The maximum absolute atomic E-state index is 12.2. The number of carboxylic acid groups (broad SMARTS) is 1. The van der Waals surface area contributed by atoms with Gasteiger partial charge in [0.25, 0.3) is 5.91 Å². The van der Waals surface area contributed by atoms with Crippen LogP contribution in [0.1, 0.15) is 50.2 Å². The van der Waals surface area contributed by atoms with Crippen molar-refractivity contribution in [2.45, 2.75) is 53.6 Å². The minimum absolute atomic E-state index is 0.191. The molecule has 1 atom stereocenters. The molecule has 6 heteroatoms. The standard InChI is InChI=1S/C15H25N3O3/c1-9(2)6-13(15(20)21)17-14(19)12-7-16-18(11(12)5)8-10(3)4/h7,9-10,13H,6,8H2,1-5H3,(H,17,19)(H,20,21)/t13-/m0/s1. The number of nitrogens with one attached hydrogen (secondary N) is 1. The summed E-state index contributed by atoms with van der Waals surface area (Å²) in [5.41, 5.74) is 1.19. The Morgan fingerprint density at radius 1 is 1.29 bits per heavy atom. The second kappa shape index (κ2) is 7.24. The van der Waals surface area contributed by atoms with Crippen molar-refractivity contribution in [2.24, 2.45) is 11.8 Å². The van der Waals surface area contributed by atoms with E-state index in [1.54, 1.807) is 4.68 Å². The van der Waals surface area contributed by atoms with Gasteiger partial charge in [-0.3, -0.25) is 9.48 Å². The molecule has 1 aromatic rings. The van der Waals surface area contributed by atoms with E-state index < -0.39 is 12.0 Å². The molecule has 0 unspecified atom stereocenters. The number of carbonyl (C=O) groups is 2. The lowest BCUT2D eigenvalue weighted by Gasteiger charge is -2.16. The van der Waals surface area contributed by atoms with Crippen LogP contribution >= 0.6 is 0 Å². The number of nitrogens with zero attached hydrogens (tertiary/aromatic N) is 2. The quantitative estimate of drug-likeness (QED) is 0.806. The van der Waals surface area contributed by atoms with Crippen molar-refractivity contribution < 1.29 is 14.7 Å².